The minimum absolute atomic E-state index is 0.0163. The van der Waals surface area contributed by atoms with Crippen molar-refractivity contribution < 1.29 is 14.3 Å². The highest BCUT2D eigenvalue weighted by atomic mass is 32.2. The van der Waals surface area contributed by atoms with Gasteiger partial charge in [-0.1, -0.05) is 25.6 Å². The standard InChI is InChI=1S/C12H13FN2O2S/c1-6(2)10(11(16)17)18-12-14-8-4-3-7(13)5-9(8)15-12/h3-6,10H,1-2H3,(H,14,15)(H,16,17). The quantitative estimate of drug-likeness (QED) is 0.837. The molecule has 0 fully saturated rings. The number of aliphatic carboxylic acids is 1. The number of nitrogens with one attached hydrogen (secondary N) is 1. The highest BCUT2D eigenvalue weighted by Crippen LogP contribution is 2.28. The molecule has 96 valence electrons. The van der Waals surface area contributed by atoms with E-state index in [9.17, 15) is 9.18 Å². The maximum Gasteiger partial charge on any atom is 0.317 e. The molecule has 2 rings (SSSR count). The van der Waals surface area contributed by atoms with Gasteiger partial charge in [-0.3, -0.25) is 4.79 Å². The zero-order chi connectivity index (χ0) is 13.3. The summed E-state index contributed by atoms with van der Waals surface area (Å²) < 4.78 is 13.0. The van der Waals surface area contributed by atoms with Crippen molar-refractivity contribution in [3.63, 3.8) is 0 Å². The second-order valence-corrected chi connectivity index (χ2v) is 5.45. The van der Waals surface area contributed by atoms with Gasteiger partial charge in [0.2, 0.25) is 0 Å². The average Bonchev–Trinajstić information content (AvgIpc) is 2.66. The predicted octanol–water partition coefficient (Wildman–Crippen LogP) is 2.90. The number of hydrogen-bond acceptors (Lipinski definition) is 3. The van der Waals surface area contributed by atoms with Crippen LogP contribution in [0.15, 0.2) is 23.4 Å². The molecule has 0 aliphatic heterocycles. The van der Waals surface area contributed by atoms with Crippen molar-refractivity contribution in [3.05, 3.63) is 24.0 Å². The van der Waals surface area contributed by atoms with E-state index < -0.39 is 11.2 Å². The van der Waals surface area contributed by atoms with E-state index in [0.29, 0.717) is 16.2 Å². The van der Waals surface area contributed by atoms with Crippen molar-refractivity contribution in [1.29, 1.82) is 0 Å². The Hall–Kier alpha value is -1.56. The zero-order valence-corrected chi connectivity index (χ0v) is 10.8. The van der Waals surface area contributed by atoms with E-state index in [0.717, 1.165) is 11.8 Å². The average molecular weight is 268 g/mol. The van der Waals surface area contributed by atoms with Gasteiger partial charge in [0, 0.05) is 0 Å². The summed E-state index contributed by atoms with van der Waals surface area (Å²) in [4.78, 5) is 18.3. The van der Waals surface area contributed by atoms with Crippen LogP contribution in [0.2, 0.25) is 0 Å². The lowest BCUT2D eigenvalue weighted by Crippen LogP contribution is -2.22. The molecule has 2 N–H and O–H groups in total. The Morgan fingerprint density at radius 1 is 1.50 bits per heavy atom. The number of hydrogen-bond donors (Lipinski definition) is 2. The number of halogens is 1. The molecule has 0 saturated heterocycles. The van der Waals surface area contributed by atoms with Crippen LogP contribution >= 0.6 is 11.8 Å². The molecule has 0 aliphatic rings. The lowest BCUT2D eigenvalue weighted by atomic mass is 10.1. The van der Waals surface area contributed by atoms with Gasteiger partial charge in [-0.25, -0.2) is 9.37 Å². The highest BCUT2D eigenvalue weighted by molar-refractivity contribution is 8.00. The first-order chi connectivity index (χ1) is 8.47. The van der Waals surface area contributed by atoms with Gasteiger partial charge in [-0.05, 0) is 24.1 Å². The first kappa shape index (κ1) is 12.9. The van der Waals surface area contributed by atoms with Gasteiger partial charge < -0.3 is 10.1 Å². The Bertz CT molecular complexity index is 582. The van der Waals surface area contributed by atoms with Crippen molar-refractivity contribution >= 4 is 28.8 Å². The van der Waals surface area contributed by atoms with Gasteiger partial charge in [0.25, 0.3) is 0 Å². The number of thioether (sulfide) groups is 1. The zero-order valence-electron chi connectivity index (χ0n) is 9.98. The van der Waals surface area contributed by atoms with Crippen LogP contribution in [0.3, 0.4) is 0 Å². The number of carboxylic acids is 1. The summed E-state index contributed by atoms with van der Waals surface area (Å²) in [5, 5.41) is 9.02. The predicted molar refractivity (Wildman–Crippen MR) is 68.2 cm³/mol. The van der Waals surface area contributed by atoms with E-state index >= 15 is 0 Å². The van der Waals surface area contributed by atoms with Gasteiger partial charge in [0.05, 0.1) is 11.0 Å². The van der Waals surface area contributed by atoms with Crippen molar-refractivity contribution in [3.8, 4) is 0 Å². The summed E-state index contributed by atoms with van der Waals surface area (Å²) in [6.07, 6.45) is 0. The summed E-state index contributed by atoms with van der Waals surface area (Å²) >= 11 is 1.15. The smallest absolute Gasteiger partial charge is 0.317 e. The molecule has 0 bridgehead atoms. The van der Waals surface area contributed by atoms with Crippen LogP contribution in [0.5, 0.6) is 0 Å². The van der Waals surface area contributed by atoms with Crippen molar-refractivity contribution in [2.75, 3.05) is 0 Å². The molecular formula is C12H13FN2O2S. The van der Waals surface area contributed by atoms with Crippen LogP contribution in [-0.4, -0.2) is 26.3 Å². The molecule has 1 aromatic carbocycles. The molecule has 4 nitrogen and oxygen atoms in total. The summed E-state index contributed by atoms with van der Waals surface area (Å²) in [7, 11) is 0. The fourth-order valence-electron chi connectivity index (χ4n) is 1.61. The fourth-order valence-corrected chi connectivity index (χ4v) is 2.54. The molecule has 0 radical (unpaired) electrons. The Morgan fingerprint density at radius 2 is 2.22 bits per heavy atom. The number of rotatable bonds is 4. The lowest BCUT2D eigenvalue weighted by Gasteiger charge is -2.13. The summed E-state index contributed by atoms with van der Waals surface area (Å²) in [5.41, 5.74) is 1.21. The molecule has 0 amide bonds. The van der Waals surface area contributed by atoms with Crippen LogP contribution in [-0.2, 0) is 4.79 Å². The number of imidazole rings is 1. The van der Waals surface area contributed by atoms with Gasteiger partial charge in [0.15, 0.2) is 5.16 Å². The normalized spacial score (nSPS) is 13.1. The number of aromatic amines is 1. The second-order valence-electron chi connectivity index (χ2n) is 4.32. The molecule has 2 aromatic rings. The van der Waals surface area contributed by atoms with Gasteiger partial charge in [-0.2, -0.15) is 0 Å². The lowest BCUT2D eigenvalue weighted by molar-refractivity contribution is -0.137. The molecular weight excluding hydrogens is 255 g/mol. The summed E-state index contributed by atoms with van der Waals surface area (Å²) in [6, 6.07) is 4.24. The number of carbonyl (C=O) groups is 1. The monoisotopic (exact) mass is 268 g/mol. The maximum atomic E-state index is 13.0. The largest absolute Gasteiger partial charge is 0.480 e. The van der Waals surface area contributed by atoms with E-state index in [1.54, 1.807) is 6.07 Å². The Labute approximate surface area is 108 Å². The number of H-pyrrole nitrogens is 1. The number of nitrogens with zero attached hydrogens (tertiary/aromatic N) is 1. The number of benzene rings is 1. The summed E-state index contributed by atoms with van der Waals surface area (Å²) in [6.45, 7) is 3.68. The van der Waals surface area contributed by atoms with E-state index in [2.05, 4.69) is 9.97 Å². The van der Waals surface area contributed by atoms with E-state index in [1.165, 1.54) is 12.1 Å². The van der Waals surface area contributed by atoms with Crippen LogP contribution < -0.4 is 0 Å². The van der Waals surface area contributed by atoms with Gasteiger partial charge >= 0.3 is 5.97 Å². The molecule has 18 heavy (non-hydrogen) atoms. The Morgan fingerprint density at radius 3 is 2.83 bits per heavy atom. The highest BCUT2D eigenvalue weighted by Gasteiger charge is 2.24. The van der Waals surface area contributed by atoms with Crippen LogP contribution in [0.1, 0.15) is 13.8 Å². The molecule has 1 heterocycles. The second kappa shape index (κ2) is 4.97. The third kappa shape index (κ3) is 2.64. The van der Waals surface area contributed by atoms with E-state index in [-0.39, 0.29) is 11.7 Å². The van der Waals surface area contributed by atoms with Crippen LogP contribution in [0.25, 0.3) is 11.0 Å². The van der Waals surface area contributed by atoms with Crippen molar-refractivity contribution in [2.24, 2.45) is 5.92 Å². The topological polar surface area (TPSA) is 66.0 Å². The number of carboxylic acid groups (broad SMARTS) is 1. The van der Waals surface area contributed by atoms with Crippen molar-refractivity contribution in [2.45, 2.75) is 24.3 Å². The molecule has 6 heteroatoms. The third-order valence-corrected chi connectivity index (χ3v) is 3.93. The Balaban J connectivity index is 2.28. The van der Waals surface area contributed by atoms with Crippen molar-refractivity contribution in [1.82, 2.24) is 9.97 Å². The number of aromatic nitrogens is 2. The van der Waals surface area contributed by atoms with Gasteiger partial charge in [0.1, 0.15) is 11.1 Å². The molecule has 1 atom stereocenters. The Kier molecular flexibility index (Phi) is 3.56. The van der Waals surface area contributed by atoms with Crippen LogP contribution in [0.4, 0.5) is 4.39 Å². The summed E-state index contributed by atoms with van der Waals surface area (Å²) in [5.74, 6) is -1.24. The molecule has 0 spiro atoms. The molecule has 1 aromatic heterocycles. The minimum Gasteiger partial charge on any atom is -0.480 e. The number of fused-ring (bicyclic) bond motifs is 1. The van der Waals surface area contributed by atoms with E-state index in [4.69, 9.17) is 5.11 Å². The third-order valence-electron chi connectivity index (χ3n) is 2.51. The maximum absolute atomic E-state index is 13.0. The first-order valence-electron chi connectivity index (χ1n) is 5.52. The molecule has 1 unspecified atom stereocenters. The van der Waals surface area contributed by atoms with E-state index in [1.807, 2.05) is 13.8 Å². The SMILES string of the molecule is CC(C)C(Sc1nc2ccc(F)cc2[nH]1)C(=O)O. The minimum atomic E-state index is -0.873. The first-order valence-corrected chi connectivity index (χ1v) is 6.40. The van der Waals surface area contributed by atoms with Crippen LogP contribution in [0, 0.1) is 11.7 Å². The fraction of sp³-hybridized carbons (Fsp3) is 0.333. The van der Waals surface area contributed by atoms with Gasteiger partial charge in [-0.15, -0.1) is 0 Å². The molecule has 0 aliphatic carbocycles. The molecule has 0 saturated carbocycles.